The SMILES string of the molecule is CCNCC1(CN2CCC(C)CC2C)CCCCCC1. The molecule has 1 heterocycles. The second kappa shape index (κ2) is 7.79. The van der Waals surface area contributed by atoms with Crippen LogP contribution in [0.4, 0.5) is 0 Å². The lowest BCUT2D eigenvalue weighted by molar-refractivity contribution is 0.0608. The van der Waals surface area contributed by atoms with Crippen molar-refractivity contribution >= 4 is 0 Å². The number of hydrogen-bond acceptors (Lipinski definition) is 2. The van der Waals surface area contributed by atoms with Crippen LogP contribution in [0.15, 0.2) is 0 Å². The van der Waals surface area contributed by atoms with Crippen molar-refractivity contribution < 1.29 is 0 Å². The Hall–Kier alpha value is -0.0800. The third-order valence-corrected chi connectivity index (χ3v) is 5.73. The van der Waals surface area contributed by atoms with Crippen LogP contribution < -0.4 is 5.32 Å². The molecule has 20 heavy (non-hydrogen) atoms. The van der Waals surface area contributed by atoms with Gasteiger partial charge in [-0.25, -0.2) is 0 Å². The van der Waals surface area contributed by atoms with Gasteiger partial charge in [0.1, 0.15) is 0 Å². The summed E-state index contributed by atoms with van der Waals surface area (Å²) in [4.78, 5) is 2.81. The van der Waals surface area contributed by atoms with Gasteiger partial charge >= 0.3 is 0 Å². The molecule has 2 nitrogen and oxygen atoms in total. The summed E-state index contributed by atoms with van der Waals surface area (Å²) in [7, 11) is 0. The standard InChI is InChI=1S/C18H36N2/c1-4-19-14-18(10-7-5-6-8-11-18)15-20-12-9-16(2)13-17(20)3/h16-17,19H,4-15H2,1-3H3. The molecule has 0 spiro atoms. The van der Waals surface area contributed by atoms with Gasteiger partial charge in [-0.15, -0.1) is 0 Å². The minimum atomic E-state index is 0.557. The predicted molar refractivity (Wildman–Crippen MR) is 88.1 cm³/mol. The van der Waals surface area contributed by atoms with E-state index in [2.05, 4.69) is 31.0 Å². The Morgan fingerprint density at radius 3 is 2.40 bits per heavy atom. The van der Waals surface area contributed by atoms with E-state index in [-0.39, 0.29) is 0 Å². The zero-order valence-corrected chi connectivity index (χ0v) is 14.1. The van der Waals surface area contributed by atoms with E-state index >= 15 is 0 Å². The normalized spacial score (nSPS) is 31.9. The molecule has 0 aromatic rings. The van der Waals surface area contributed by atoms with Crippen LogP contribution in [0, 0.1) is 11.3 Å². The van der Waals surface area contributed by atoms with Crippen LogP contribution in [-0.2, 0) is 0 Å². The maximum atomic E-state index is 3.67. The Kier molecular flexibility index (Phi) is 6.35. The van der Waals surface area contributed by atoms with Gasteiger partial charge in [-0.2, -0.15) is 0 Å². The molecule has 1 aliphatic carbocycles. The van der Waals surface area contributed by atoms with E-state index in [0.717, 1.165) is 18.5 Å². The fourth-order valence-corrected chi connectivity index (χ4v) is 4.38. The van der Waals surface area contributed by atoms with E-state index in [0.29, 0.717) is 5.41 Å². The van der Waals surface area contributed by atoms with Crippen LogP contribution in [-0.4, -0.2) is 37.1 Å². The van der Waals surface area contributed by atoms with E-state index in [1.807, 2.05) is 0 Å². The Morgan fingerprint density at radius 1 is 1.10 bits per heavy atom. The van der Waals surface area contributed by atoms with Crippen LogP contribution in [0.5, 0.6) is 0 Å². The smallest absolute Gasteiger partial charge is 0.00697 e. The second-order valence-electron chi connectivity index (χ2n) is 7.64. The van der Waals surface area contributed by atoms with Crippen molar-refractivity contribution in [2.75, 3.05) is 26.2 Å². The minimum Gasteiger partial charge on any atom is -0.316 e. The first-order valence-corrected chi connectivity index (χ1v) is 9.10. The van der Waals surface area contributed by atoms with E-state index in [9.17, 15) is 0 Å². The molecule has 2 unspecified atom stereocenters. The highest BCUT2D eigenvalue weighted by atomic mass is 15.2. The molecule has 0 aromatic carbocycles. The van der Waals surface area contributed by atoms with Crippen molar-refractivity contribution in [1.82, 2.24) is 10.2 Å². The molecule has 1 saturated heterocycles. The average Bonchev–Trinajstić information content (AvgIpc) is 2.66. The number of likely N-dealkylation sites (tertiary alicyclic amines) is 1. The number of piperidine rings is 1. The van der Waals surface area contributed by atoms with Gasteiger partial charge in [0.2, 0.25) is 0 Å². The number of rotatable bonds is 5. The average molecular weight is 280 g/mol. The molecule has 0 amide bonds. The molecule has 2 atom stereocenters. The van der Waals surface area contributed by atoms with E-state index in [4.69, 9.17) is 0 Å². The van der Waals surface area contributed by atoms with Gasteiger partial charge in [0, 0.05) is 19.1 Å². The molecule has 2 rings (SSSR count). The molecule has 0 radical (unpaired) electrons. The fraction of sp³-hybridized carbons (Fsp3) is 1.00. The molecule has 2 heteroatoms. The lowest BCUT2D eigenvalue weighted by atomic mass is 9.78. The maximum Gasteiger partial charge on any atom is 0.00697 e. The number of nitrogens with zero attached hydrogens (tertiary/aromatic N) is 1. The summed E-state index contributed by atoms with van der Waals surface area (Å²) in [5.74, 6) is 0.931. The molecule has 2 aliphatic rings. The van der Waals surface area contributed by atoms with Crippen molar-refractivity contribution in [1.29, 1.82) is 0 Å². The molecule has 2 fully saturated rings. The lowest BCUT2D eigenvalue weighted by Crippen LogP contribution is -2.49. The van der Waals surface area contributed by atoms with Crippen molar-refractivity contribution in [3.63, 3.8) is 0 Å². The summed E-state index contributed by atoms with van der Waals surface area (Å²) >= 11 is 0. The Balaban J connectivity index is 1.98. The highest BCUT2D eigenvalue weighted by Gasteiger charge is 2.35. The fourth-order valence-electron chi connectivity index (χ4n) is 4.38. The van der Waals surface area contributed by atoms with Crippen molar-refractivity contribution in [2.24, 2.45) is 11.3 Å². The predicted octanol–water partition coefficient (Wildman–Crippen LogP) is 4.06. The van der Waals surface area contributed by atoms with Gasteiger partial charge in [-0.05, 0) is 57.0 Å². The molecule has 0 aromatic heterocycles. The van der Waals surface area contributed by atoms with E-state index in [1.165, 1.54) is 71.0 Å². The Bertz CT molecular complexity index is 269. The summed E-state index contributed by atoms with van der Waals surface area (Å²) in [5, 5.41) is 3.67. The van der Waals surface area contributed by atoms with Crippen LogP contribution in [0.2, 0.25) is 0 Å². The zero-order chi connectivity index (χ0) is 14.4. The van der Waals surface area contributed by atoms with Crippen molar-refractivity contribution in [2.45, 2.75) is 78.2 Å². The summed E-state index contributed by atoms with van der Waals surface area (Å²) in [6.07, 6.45) is 11.5. The van der Waals surface area contributed by atoms with Gasteiger partial charge in [-0.3, -0.25) is 0 Å². The van der Waals surface area contributed by atoms with Crippen molar-refractivity contribution in [3.8, 4) is 0 Å². The van der Waals surface area contributed by atoms with Crippen LogP contribution in [0.25, 0.3) is 0 Å². The summed E-state index contributed by atoms with van der Waals surface area (Å²) in [6.45, 7) is 12.2. The number of hydrogen-bond donors (Lipinski definition) is 1. The minimum absolute atomic E-state index is 0.557. The summed E-state index contributed by atoms with van der Waals surface area (Å²) in [5.41, 5.74) is 0.557. The third kappa shape index (κ3) is 4.46. The quantitative estimate of drug-likeness (QED) is 0.764. The molecular weight excluding hydrogens is 244 g/mol. The summed E-state index contributed by atoms with van der Waals surface area (Å²) < 4.78 is 0. The molecule has 1 saturated carbocycles. The highest BCUT2D eigenvalue weighted by molar-refractivity contribution is 4.89. The molecule has 0 bridgehead atoms. The largest absolute Gasteiger partial charge is 0.316 e. The van der Waals surface area contributed by atoms with E-state index < -0.39 is 0 Å². The molecular formula is C18H36N2. The molecule has 118 valence electrons. The Morgan fingerprint density at radius 2 is 1.80 bits per heavy atom. The second-order valence-corrected chi connectivity index (χ2v) is 7.64. The van der Waals surface area contributed by atoms with Crippen LogP contribution in [0.3, 0.4) is 0 Å². The molecule has 1 N–H and O–H groups in total. The first-order chi connectivity index (χ1) is 9.65. The van der Waals surface area contributed by atoms with E-state index in [1.54, 1.807) is 0 Å². The van der Waals surface area contributed by atoms with Gasteiger partial charge < -0.3 is 10.2 Å². The van der Waals surface area contributed by atoms with Crippen molar-refractivity contribution in [3.05, 3.63) is 0 Å². The first-order valence-electron chi connectivity index (χ1n) is 9.10. The monoisotopic (exact) mass is 280 g/mol. The maximum absolute atomic E-state index is 3.67. The topological polar surface area (TPSA) is 15.3 Å². The number of nitrogens with one attached hydrogen (secondary N) is 1. The zero-order valence-electron chi connectivity index (χ0n) is 14.1. The van der Waals surface area contributed by atoms with Crippen LogP contribution in [0.1, 0.15) is 72.1 Å². The van der Waals surface area contributed by atoms with Crippen LogP contribution >= 0.6 is 0 Å². The van der Waals surface area contributed by atoms with Gasteiger partial charge in [-0.1, -0.05) is 39.5 Å². The summed E-state index contributed by atoms with van der Waals surface area (Å²) in [6, 6.07) is 0.792. The van der Waals surface area contributed by atoms with Gasteiger partial charge in [0.15, 0.2) is 0 Å². The first kappa shape index (κ1) is 16.3. The van der Waals surface area contributed by atoms with Gasteiger partial charge in [0.25, 0.3) is 0 Å². The van der Waals surface area contributed by atoms with Gasteiger partial charge in [0.05, 0.1) is 0 Å². The molecule has 1 aliphatic heterocycles. The lowest BCUT2D eigenvalue weighted by Gasteiger charge is -2.44. The highest BCUT2D eigenvalue weighted by Crippen LogP contribution is 2.37. The third-order valence-electron chi connectivity index (χ3n) is 5.73. The Labute approximate surface area is 126 Å².